The first-order valence-electron chi connectivity index (χ1n) is 5.83. The fraction of sp³-hybridized carbons (Fsp3) is 0.214. The van der Waals surface area contributed by atoms with Crippen molar-refractivity contribution in [2.24, 2.45) is 0 Å². The molecule has 0 aliphatic rings. The first-order valence-corrected chi connectivity index (χ1v) is 7.88. The lowest BCUT2D eigenvalue weighted by Gasteiger charge is -2.18. The maximum atomic E-state index is 12.5. The molecule has 0 bridgehead atoms. The van der Waals surface area contributed by atoms with E-state index in [1.165, 1.54) is 7.11 Å². The highest BCUT2D eigenvalue weighted by molar-refractivity contribution is 9.11. The standard InChI is InChI=1S/C14H13BrClNO2S/c1-17(7-9-5-13(15)20-8-9)14(18)11-6-10(16)3-4-12(11)19-2/h3-6,8H,7H2,1-2H3. The Kier molecular flexibility index (Phi) is 5.07. The molecule has 1 aromatic heterocycles. The second kappa shape index (κ2) is 6.61. The zero-order chi connectivity index (χ0) is 14.7. The van der Waals surface area contributed by atoms with Gasteiger partial charge in [0.2, 0.25) is 0 Å². The second-order valence-corrected chi connectivity index (χ2v) is 6.99. The van der Waals surface area contributed by atoms with Crippen LogP contribution in [0, 0.1) is 0 Å². The summed E-state index contributed by atoms with van der Waals surface area (Å²) in [5, 5.41) is 2.53. The number of hydrogen-bond acceptors (Lipinski definition) is 3. The minimum atomic E-state index is -0.119. The number of amides is 1. The number of hydrogen-bond donors (Lipinski definition) is 0. The van der Waals surface area contributed by atoms with Gasteiger partial charge >= 0.3 is 0 Å². The van der Waals surface area contributed by atoms with Gasteiger partial charge in [0.25, 0.3) is 5.91 Å². The van der Waals surface area contributed by atoms with Gasteiger partial charge in [0.1, 0.15) is 5.75 Å². The number of halogens is 2. The molecule has 3 nitrogen and oxygen atoms in total. The number of rotatable bonds is 4. The molecule has 1 aromatic carbocycles. The third kappa shape index (κ3) is 3.53. The molecule has 20 heavy (non-hydrogen) atoms. The molecular weight excluding hydrogens is 362 g/mol. The van der Waals surface area contributed by atoms with Gasteiger partial charge in [-0.05, 0) is 51.1 Å². The summed E-state index contributed by atoms with van der Waals surface area (Å²) >= 11 is 11.0. The van der Waals surface area contributed by atoms with Crippen molar-refractivity contribution in [3.05, 3.63) is 49.6 Å². The topological polar surface area (TPSA) is 29.5 Å². The molecule has 0 fully saturated rings. The van der Waals surface area contributed by atoms with E-state index in [0.29, 0.717) is 22.9 Å². The minimum absolute atomic E-state index is 0.119. The summed E-state index contributed by atoms with van der Waals surface area (Å²) in [6.45, 7) is 0.538. The third-order valence-electron chi connectivity index (χ3n) is 2.78. The van der Waals surface area contributed by atoms with Crippen LogP contribution in [0.1, 0.15) is 15.9 Å². The van der Waals surface area contributed by atoms with Crippen LogP contribution in [0.15, 0.2) is 33.4 Å². The Morgan fingerprint density at radius 1 is 1.45 bits per heavy atom. The molecule has 0 saturated heterocycles. The molecule has 0 aliphatic carbocycles. The molecule has 0 atom stereocenters. The fourth-order valence-electron chi connectivity index (χ4n) is 1.83. The van der Waals surface area contributed by atoms with Crippen LogP contribution in [-0.4, -0.2) is 25.0 Å². The van der Waals surface area contributed by atoms with Crippen LogP contribution in [0.4, 0.5) is 0 Å². The molecule has 0 N–H and O–H groups in total. The van der Waals surface area contributed by atoms with Crippen molar-refractivity contribution in [3.63, 3.8) is 0 Å². The number of benzene rings is 1. The van der Waals surface area contributed by atoms with Crippen molar-refractivity contribution in [1.82, 2.24) is 4.90 Å². The normalized spacial score (nSPS) is 10.4. The predicted octanol–water partition coefficient (Wildman–Crippen LogP) is 4.44. The van der Waals surface area contributed by atoms with Crippen molar-refractivity contribution in [1.29, 1.82) is 0 Å². The number of thiophene rings is 1. The van der Waals surface area contributed by atoms with E-state index in [-0.39, 0.29) is 5.91 Å². The van der Waals surface area contributed by atoms with Crippen molar-refractivity contribution in [2.45, 2.75) is 6.54 Å². The lowest BCUT2D eigenvalue weighted by atomic mass is 10.1. The molecule has 0 saturated carbocycles. The lowest BCUT2D eigenvalue weighted by Crippen LogP contribution is -2.26. The zero-order valence-electron chi connectivity index (χ0n) is 11.0. The number of nitrogens with zero attached hydrogens (tertiary/aromatic N) is 1. The van der Waals surface area contributed by atoms with Crippen molar-refractivity contribution in [3.8, 4) is 5.75 Å². The van der Waals surface area contributed by atoms with Gasteiger partial charge in [0, 0.05) is 18.6 Å². The summed E-state index contributed by atoms with van der Waals surface area (Å²) in [6.07, 6.45) is 0. The van der Waals surface area contributed by atoms with Gasteiger partial charge in [-0.15, -0.1) is 11.3 Å². The van der Waals surface area contributed by atoms with Crippen LogP contribution < -0.4 is 4.74 Å². The monoisotopic (exact) mass is 373 g/mol. The van der Waals surface area contributed by atoms with Crippen molar-refractivity contribution in [2.75, 3.05) is 14.2 Å². The second-order valence-electron chi connectivity index (χ2n) is 4.26. The fourth-order valence-corrected chi connectivity index (χ4v) is 3.20. The highest BCUT2D eigenvalue weighted by Gasteiger charge is 2.17. The van der Waals surface area contributed by atoms with E-state index in [1.54, 1.807) is 41.5 Å². The van der Waals surface area contributed by atoms with Gasteiger partial charge in [-0.25, -0.2) is 0 Å². The summed E-state index contributed by atoms with van der Waals surface area (Å²) < 4.78 is 6.26. The largest absolute Gasteiger partial charge is 0.496 e. The van der Waals surface area contributed by atoms with Gasteiger partial charge in [-0.3, -0.25) is 4.79 Å². The maximum Gasteiger partial charge on any atom is 0.257 e. The van der Waals surface area contributed by atoms with Crippen LogP contribution in [0.2, 0.25) is 5.02 Å². The van der Waals surface area contributed by atoms with Gasteiger partial charge < -0.3 is 9.64 Å². The first-order chi connectivity index (χ1) is 9.51. The van der Waals surface area contributed by atoms with E-state index in [2.05, 4.69) is 15.9 Å². The average molecular weight is 375 g/mol. The highest BCUT2D eigenvalue weighted by Crippen LogP contribution is 2.25. The Labute approximate surface area is 135 Å². The van der Waals surface area contributed by atoms with Gasteiger partial charge in [0.05, 0.1) is 16.5 Å². The lowest BCUT2D eigenvalue weighted by molar-refractivity contribution is 0.0782. The molecule has 2 aromatic rings. The van der Waals surface area contributed by atoms with Crippen LogP contribution in [0.25, 0.3) is 0 Å². The van der Waals surface area contributed by atoms with Crippen LogP contribution in [0.3, 0.4) is 0 Å². The maximum absolute atomic E-state index is 12.5. The summed E-state index contributed by atoms with van der Waals surface area (Å²) in [5.74, 6) is 0.407. The first kappa shape index (κ1) is 15.4. The molecule has 6 heteroatoms. The minimum Gasteiger partial charge on any atom is -0.496 e. The van der Waals surface area contributed by atoms with Gasteiger partial charge in [0.15, 0.2) is 0 Å². The summed E-state index contributed by atoms with van der Waals surface area (Å²) in [6, 6.07) is 7.03. The number of carbonyl (C=O) groups excluding carboxylic acids is 1. The Balaban J connectivity index is 2.20. The molecule has 0 unspecified atom stereocenters. The average Bonchev–Trinajstić information content (AvgIpc) is 2.83. The number of ether oxygens (including phenoxy) is 1. The van der Waals surface area contributed by atoms with Crippen LogP contribution in [0.5, 0.6) is 5.75 Å². The smallest absolute Gasteiger partial charge is 0.257 e. The SMILES string of the molecule is COc1ccc(Cl)cc1C(=O)N(C)Cc1csc(Br)c1. The summed E-state index contributed by atoms with van der Waals surface area (Å²) in [4.78, 5) is 14.1. The van der Waals surface area contributed by atoms with Crippen molar-refractivity contribution < 1.29 is 9.53 Å². The van der Waals surface area contributed by atoms with Gasteiger partial charge in [-0.1, -0.05) is 11.6 Å². The van der Waals surface area contributed by atoms with E-state index in [0.717, 1.165) is 9.35 Å². The van der Waals surface area contributed by atoms with E-state index < -0.39 is 0 Å². The Bertz CT molecular complexity index is 629. The summed E-state index contributed by atoms with van der Waals surface area (Å²) in [7, 11) is 3.30. The summed E-state index contributed by atoms with van der Waals surface area (Å²) in [5.41, 5.74) is 1.55. The van der Waals surface area contributed by atoms with E-state index in [4.69, 9.17) is 16.3 Å². The molecule has 0 aliphatic heterocycles. The molecule has 1 heterocycles. The number of carbonyl (C=O) groups is 1. The Hall–Kier alpha value is -1.04. The molecular formula is C14H13BrClNO2S. The molecule has 106 valence electrons. The molecule has 0 radical (unpaired) electrons. The molecule has 1 amide bonds. The van der Waals surface area contributed by atoms with E-state index in [1.807, 2.05) is 11.4 Å². The molecule has 2 rings (SSSR count). The van der Waals surface area contributed by atoms with E-state index >= 15 is 0 Å². The Morgan fingerprint density at radius 3 is 2.80 bits per heavy atom. The quantitative estimate of drug-likeness (QED) is 0.791. The van der Waals surface area contributed by atoms with Crippen molar-refractivity contribution >= 4 is 44.8 Å². The third-order valence-corrected chi connectivity index (χ3v) is 4.57. The van der Waals surface area contributed by atoms with Gasteiger partial charge in [-0.2, -0.15) is 0 Å². The highest BCUT2D eigenvalue weighted by atomic mass is 79.9. The number of methoxy groups -OCH3 is 1. The van der Waals surface area contributed by atoms with Crippen LogP contribution >= 0.6 is 38.9 Å². The zero-order valence-corrected chi connectivity index (χ0v) is 14.2. The molecule has 0 spiro atoms. The predicted molar refractivity (Wildman–Crippen MR) is 85.8 cm³/mol. The van der Waals surface area contributed by atoms with E-state index in [9.17, 15) is 4.79 Å². The Morgan fingerprint density at radius 2 is 2.20 bits per heavy atom. The van der Waals surface area contributed by atoms with Crippen LogP contribution in [-0.2, 0) is 6.54 Å².